The van der Waals surface area contributed by atoms with E-state index in [-0.39, 0.29) is 0 Å². The predicted octanol–water partition coefficient (Wildman–Crippen LogP) is 1.80. The molecule has 0 saturated carbocycles. The molecule has 1 heterocycles. The van der Waals surface area contributed by atoms with Gasteiger partial charge in [0.2, 0.25) is 0 Å². The first kappa shape index (κ1) is 5.82. The summed E-state index contributed by atoms with van der Waals surface area (Å²) in [6.07, 6.45) is 6.49. The first-order chi connectivity index (χ1) is 4.50. The molecule has 46 valence electrons. The summed E-state index contributed by atoms with van der Waals surface area (Å²) in [7, 11) is 0. The van der Waals surface area contributed by atoms with Crippen LogP contribution in [0.4, 0.5) is 0 Å². The van der Waals surface area contributed by atoms with E-state index in [9.17, 15) is 0 Å². The van der Waals surface area contributed by atoms with Gasteiger partial charge in [-0.15, -0.1) is 0 Å². The van der Waals surface area contributed by atoms with Gasteiger partial charge in [-0.3, -0.25) is 4.98 Å². The molecule has 0 amide bonds. The van der Waals surface area contributed by atoms with Crippen molar-refractivity contribution in [1.82, 2.24) is 4.98 Å². The van der Waals surface area contributed by atoms with E-state index in [1.807, 2.05) is 0 Å². The molecule has 9 heavy (non-hydrogen) atoms. The summed E-state index contributed by atoms with van der Waals surface area (Å²) < 4.78 is 4.85. The average Bonchev–Trinajstić information content (AvgIpc) is 2.00. The fourth-order valence-corrected chi connectivity index (χ4v) is 0.415. The van der Waals surface area contributed by atoms with Gasteiger partial charge < -0.3 is 4.42 Å². The molecule has 1 rings (SSSR count). The zero-order valence-corrected chi connectivity index (χ0v) is 4.90. The fraction of sp³-hybridized carbons (Fsp3) is 0. The Hall–Kier alpha value is -1.31. The molecule has 0 aromatic carbocycles. The number of aromatic nitrogens is 1. The second-order valence-electron chi connectivity index (χ2n) is 1.43. The van der Waals surface area contributed by atoms with Crippen molar-refractivity contribution in [2.75, 3.05) is 0 Å². The van der Waals surface area contributed by atoms with E-state index in [1.165, 1.54) is 0 Å². The maximum Gasteiger partial charge on any atom is 0.0916 e. The van der Waals surface area contributed by atoms with Crippen molar-refractivity contribution in [3.63, 3.8) is 0 Å². The molecule has 0 aliphatic carbocycles. The SMILES string of the molecule is c1ccocccnc1. The highest BCUT2D eigenvalue weighted by Gasteiger charge is 1.59. The van der Waals surface area contributed by atoms with E-state index in [1.54, 1.807) is 43.1 Å². The molecule has 0 spiro atoms. The van der Waals surface area contributed by atoms with Gasteiger partial charge in [-0.25, -0.2) is 0 Å². The minimum absolute atomic E-state index is 1.56. The molecule has 0 saturated heterocycles. The molecule has 0 unspecified atom stereocenters. The van der Waals surface area contributed by atoms with Crippen LogP contribution in [0.15, 0.2) is 47.5 Å². The second kappa shape index (κ2) is 3.66. The van der Waals surface area contributed by atoms with Crippen LogP contribution in [-0.4, -0.2) is 4.98 Å². The lowest BCUT2D eigenvalue weighted by Crippen LogP contribution is -1.52. The lowest BCUT2D eigenvalue weighted by Gasteiger charge is -1.64. The van der Waals surface area contributed by atoms with Gasteiger partial charge in [0.25, 0.3) is 0 Å². The zero-order chi connectivity index (χ0) is 6.36. The molecule has 0 aliphatic rings. The van der Waals surface area contributed by atoms with E-state index in [0.29, 0.717) is 0 Å². The van der Waals surface area contributed by atoms with Gasteiger partial charge in [0.1, 0.15) is 0 Å². The number of hydrogen-bond donors (Lipinski definition) is 0. The van der Waals surface area contributed by atoms with Crippen LogP contribution < -0.4 is 0 Å². The van der Waals surface area contributed by atoms with Crippen molar-refractivity contribution in [1.29, 1.82) is 0 Å². The van der Waals surface area contributed by atoms with E-state index in [0.717, 1.165) is 0 Å². The third kappa shape index (κ3) is 2.49. The maximum absolute atomic E-state index is 4.85. The molecule has 1 aromatic heterocycles. The van der Waals surface area contributed by atoms with Crippen molar-refractivity contribution >= 4 is 0 Å². The summed E-state index contributed by atoms with van der Waals surface area (Å²) in [6, 6.07) is 5.29. The summed E-state index contributed by atoms with van der Waals surface area (Å²) in [5.41, 5.74) is 0. The van der Waals surface area contributed by atoms with Gasteiger partial charge in [-0.05, 0) is 18.2 Å². The molecule has 2 nitrogen and oxygen atoms in total. The lowest BCUT2D eigenvalue weighted by atomic mass is 10.6. The third-order valence-electron chi connectivity index (χ3n) is 0.770. The molecule has 0 aliphatic heterocycles. The molecule has 2 heteroatoms. The van der Waals surface area contributed by atoms with Gasteiger partial charge >= 0.3 is 0 Å². The molecule has 0 atom stereocenters. The highest BCUT2D eigenvalue weighted by molar-refractivity contribution is 4.80. The fourth-order valence-electron chi connectivity index (χ4n) is 0.415. The molecular formula is C7H7NO. The summed E-state index contributed by atoms with van der Waals surface area (Å²) in [5.74, 6) is 0. The number of rotatable bonds is 0. The summed E-state index contributed by atoms with van der Waals surface area (Å²) >= 11 is 0. The van der Waals surface area contributed by atoms with Gasteiger partial charge in [0.15, 0.2) is 0 Å². The van der Waals surface area contributed by atoms with E-state index < -0.39 is 0 Å². The normalized spacial score (nSPS) is 8.00. The Bertz CT molecular complexity index is 131. The number of nitrogens with zero attached hydrogens (tertiary/aromatic N) is 1. The molecule has 0 bridgehead atoms. The van der Waals surface area contributed by atoms with Gasteiger partial charge in [-0.2, -0.15) is 0 Å². The van der Waals surface area contributed by atoms with Gasteiger partial charge in [0.05, 0.1) is 12.5 Å². The Morgan fingerprint density at radius 2 is 1.67 bits per heavy atom. The maximum atomic E-state index is 4.85. The quantitative estimate of drug-likeness (QED) is 0.523. The molecule has 0 N–H and O–H groups in total. The largest absolute Gasteiger partial charge is 0.473 e. The minimum atomic E-state index is 1.56. The first-order valence-corrected chi connectivity index (χ1v) is 2.65. The van der Waals surface area contributed by atoms with Gasteiger partial charge in [-0.1, -0.05) is 0 Å². The Morgan fingerprint density at radius 1 is 0.889 bits per heavy atom. The Morgan fingerprint density at radius 3 is 2.67 bits per heavy atom. The van der Waals surface area contributed by atoms with Crippen LogP contribution in [0.3, 0.4) is 0 Å². The Labute approximate surface area is 53.5 Å². The Kier molecular flexibility index (Phi) is 2.37. The van der Waals surface area contributed by atoms with Crippen molar-refractivity contribution in [2.24, 2.45) is 0 Å². The standard InChI is InChI=1S/C7H7NO/c1-2-6-9-7-3-5-8-4-1/h1-7H. The van der Waals surface area contributed by atoms with Crippen LogP contribution in [0.5, 0.6) is 0 Å². The first-order valence-electron chi connectivity index (χ1n) is 2.65. The molecule has 0 fully saturated rings. The average molecular weight is 121 g/mol. The molecule has 0 radical (unpaired) electrons. The van der Waals surface area contributed by atoms with Crippen LogP contribution in [0.25, 0.3) is 0 Å². The number of hydrogen-bond acceptors (Lipinski definition) is 2. The minimum Gasteiger partial charge on any atom is -0.473 e. The summed E-state index contributed by atoms with van der Waals surface area (Å²) in [5, 5.41) is 0. The summed E-state index contributed by atoms with van der Waals surface area (Å²) in [6.45, 7) is 0. The highest BCUT2D eigenvalue weighted by atomic mass is 16.3. The van der Waals surface area contributed by atoms with Crippen molar-refractivity contribution in [3.05, 3.63) is 43.1 Å². The van der Waals surface area contributed by atoms with Crippen molar-refractivity contribution < 1.29 is 4.42 Å². The smallest absolute Gasteiger partial charge is 0.0916 e. The second-order valence-corrected chi connectivity index (χ2v) is 1.43. The molecular weight excluding hydrogens is 114 g/mol. The van der Waals surface area contributed by atoms with E-state index in [4.69, 9.17) is 4.42 Å². The topological polar surface area (TPSA) is 26.0 Å². The van der Waals surface area contributed by atoms with E-state index >= 15 is 0 Å². The van der Waals surface area contributed by atoms with Crippen molar-refractivity contribution in [3.8, 4) is 0 Å². The lowest BCUT2D eigenvalue weighted by molar-refractivity contribution is 0.554. The van der Waals surface area contributed by atoms with Crippen LogP contribution in [0.2, 0.25) is 0 Å². The van der Waals surface area contributed by atoms with Crippen LogP contribution in [-0.2, 0) is 0 Å². The Balaban J connectivity index is 3.04. The van der Waals surface area contributed by atoms with Crippen molar-refractivity contribution in [2.45, 2.75) is 0 Å². The zero-order valence-electron chi connectivity index (χ0n) is 4.90. The third-order valence-corrected chi connectivity index (χ3v) is 0.770. The van der Waals surface area contributed by atoms with Gasteiger partial charge in [0, 0.05) is 12.4 Å². The van der Waals surface area contributed by atoms with Crippen LogP contribution >= 0.6 is 0 Å². The molecule has 1 aromatic rings. The highest BCUT2D eigenvalue weighted by Crippen LogP contribution is 1.76. The monoisotopic (exact) mass is 121 g/mol. The predicted molar refractivity (Wildman–Crippen MR) is 34.1 cm³/mol. The van der Waals surface area contributed by atoms with E-state index in [2.05, 4.69) is 4.98 Å². The van der Waals surface area contributed by atoms with Crippen LogP contribution in [0, 0.1) is 0 Å². The summed E-state index contributed by atoms with van der Waals surface area (Å²) in [4.78, 5) is 3.87. The van der Waals surface area contributed by atoms with Crippen LogP contribution in [0.1, 0.15) is 0 Å².